The van der Waals surface area contributed by atoms with Crippen LogP contribution in [0, 0.1) is 13.8 Å². The Bertz CT molecular complexity index is 878. The van der Waals surface area contributed by atoms with Crippen LogP contribution in [-0.4, -0.2) is 60.6 Å². The number of alkyl carbamates (subject to hydrolysis) is 1. The van der Waals surface area contributed by atoms with Crippen molar-refractivity contribution in [3.8, 4) is 0 Å². The highest BCUT2D eigenvalue weighted by atomic mass is 16.6. The number of aryl methyl sites for hydroxylation is 1. The zero-order valence-corrected chi connectivity index (χ0v) is 22.2. The van der Waals surface area contributed by atoms with Crippen molar-refractivity contribution in [2.75, 3.05) is 26.2 Å². The average molecular weight is 492 g/mol. The first-order chi connectivity index (χ1) is 16.4. The number of carbonyl (C=O) groups excluding carboxylic acids is 4. The molecule has 0 radical (unpaired) electrons. The second kappa shape index (κ2) is 14.3. The Morgan fingerprint density at radius 3 is 2.34 bits per heavy atom. The van der Waals surface area contributed by atoms with Gasteiger partial charge in [-0.1, -0.05) is 31.5 Å². The van der Waals surface area contributed by atoms with Crippen LogP contribution in [-0.2, 0) is 23.9 Å². The largest absolute Gasteiger partial charge is 0.466 e. The predicted molar refractivity (Wildman–Crippen MR) is 134 cm³/mol. The first-order valence-electron chi connectivity index (χ1n) is 12.2. The predicted octanol–water partition coefficient (Wildman–Crippen LogP) is 3.57. The highest BCUT2D eigenvalue weighted by Crippen LogP contribution is 2.27. The van der Waals surface area contributed by atoms with Gasteiger partial charge in [-0.3, -0.25) is 14.4 Å². The van der Waals surface area contributed by atoms with E-state index in [-0.39, 0.29) is 26.1 Å². The van der Waals surface area contributed by atoms with Crippen LogP contribution in [0.3, 0.4) is 0 Å². The molecule has 35 heavy (non-hydrogen) atoms. The summed E-state index contributed by atoms with van der Waals surface area (Å²) in [6.07, 6.45) is 0.814. The molecule has 0 aliphatic heterocycles. The van der Waals surface area contributed by atoms with Gasteiger partial charge >= 0.3 is 12.1 Å². The van der Waals surface area contributed by atoms with Gasteiger partial charge in [0.05, 0.1) is 13.0 Å². The molecule has 196 valence electrons. The normalized spacial score (nSPS) is 11.9. The van der Waals surface area contributed by atoms with E-state index in [0.717, 1.165) is 17.5 Å². The number of ether oxygens (including phenoxy) is 2. The molecule has 2 N–H and O–H groups in total. The van der Waals surface area contributed by atoms with E-state index >= 15 is 0 Å². The fourth-order valence-corrected chi connectivity index (χ4v) is 3.43. The Morgan fingerprint density at radius 2 is 1.74 bits per heavy atom. The van der Waals surface area contributed by atoms with E-state index in [1.807, 2.05) is 39.0 Å². The van der Waals surface area contributed by atoms with E-state index in [1.165, 1.54) is 4.90 Å². The lowest BCUT2D eigenvalue weighted by Gasteiger charge is -2.33. The molecule has 3 amide bonds. The maximum Gasteiger partial charge on any atom is 0.408 e. The van der Waals surface area contributed by atoms with Crippen molar-refractivity contribution >= 4 is 23.9 Å². The lowest BCUT2D eigenvalue weighted by molar-refractivity contribution is -0.143. The number of rotatable bonds is 12. The molecule has 9 nitrogen and oxygen atoms in total. The second-order valence-corrected chi connectivity index (χ2v) is 9.33. The summed E-state index contributed by atoms with van der Waals surface area (Å²) in [5, 5.41) is 5.27. The molecule has 0 aliphatic carbocycles. The third-order valence-corrected chi connectivity index (χ3v) is 5.29. The zero-order chi connectivity index (χ0) is 26.6. The van der Waals surface area contributed by atoms with Crippen LogP contribution in [0.25, 0.3) is 0 Å². The molecule has 0 aromatic heterocycles. The van der Waals surface area contributed by atoms with Crippen LogP contribution in [0.5, 0.6) is 0 Å². The first-order valence-corrected chi connectivity index (χ1v) is 12.2. The highest BCUT2D eigenvalue weighted by Gasteiger charge is 2.32. The molecule has 0 aliphatic rings. The Labute approximate surface area is 208 Å². The number of unbranched alkanes of at least 4 members (excludes halogenated alkanes) is 1. The summed E-state index contributed by atoms with van der Waals surface area (Å²) in [6, 6.07) is 4.69. The van der Waals surface area contributed by atoms with Crippen molar-refractivity contribution in [1.82, 2.24) is 15.5 Å². The molecule has 0 saturated heterocycles. The van der Waals surface area contributed by atoms with Crippen molar-refractivity contribution in [2.45, 2.75) is 79.4 Å². The molecule has 1 aromatic rings. The molecule has 1 atom stereocenters. The van der Waals surface area contributed by atoms with Crippen LogP contribution in [0.4, 0.5) is 4.79 Å². The van der Waals surface area contributed by atoms with Gasteiger partial charge in [0.25, 0.3) is 0 Å². The van der Waals surface area contributed by atoms with Gasteiger partial charge in [0, 0.05) is 13.1 Å². The summed E-state index contributed by atoms with van der Waals surface area (Å²) >= 11 is 0. The minimum atomic E-state index is -0.920. The molecule has 1 rings (SSSR count). The van der Waals surface area contributed by atoms with Crippen molar-refractivity contribution in [1.29, 1.82) is 0 Å². The Balaban J connectivity index is 3.20. The second-order valence-electron chi connectivity index (χ2n) is 9.33. The fraction of sp³-hybridized carbons (Fsp3) is 0.615. The Hall–Kier alpha value is -3.10. The van der Waals surface area contributed by atoms with Crippen LogP contribution < -0.4 is 10.6 Å². The van der Waals surface area contributed by atoms with Gasteiger partial charge in [0.15, 0.2) is 0 Å². The van der Waals surface area contributed by atoms with E-state index in [4.69, 9.17) is 9.47 Å². The summed E-state index contributed by atoms with van der Waals surface area (Å²) < 4.78 is 10.2. The summed E-state index contributed by atoms with van der Waals surface area (Å²) in [7, 11) is 0. The highest BCUT2D eigenvalue weighted by molar-refractivity contribution is 5.91. The van der Waals surface area contributed by atoms with Gasteiger partial charge in [-0.15, -0.1) is 0 Å². The number of nitrogens with one attached hydrogen (secondary N) is 2. The van der Waals surface area contributed by atoms with E-state index in [1.54, 1.807) is 27.7 Å². The molecule has 0 bridgehead atoms. The molecule has 0 saturated carbocycles. The minimum absolute atomic E-state index is 0.0300. The van der Waals surface area contributed by atoms with Crippen molar-refractivity contribution in [3.05, 3.63) is 34.9 Å². The number of nitrogens with zero attached hydrogens (tertiary/aromatic N) is 1. The van der Waals surface area contributed by atoms with E-state index < -0.39 is 35.5 Å². The summed E-state index contributed by atoms with van der Waals surface area (Å²) in [6.45, 7) is 13.1. The molecular weight excluding hydrogens is 450 g/mol. The van der Waals surface area contributed by atoms with Gasteiger partial charge in [-0.05, 0) is 64.7 Å². The van der Waals surface area contributed by atoms with Gasteiger partial charge in [-0.2, -0.15) is 0 Å². The SMILES string of the molecule is CCCCN(C(=O)CNC(=O)OC(C)(C)C)C(C(=O)NCCC(=O)OCC)c1cccc(C)c1C. The molecule has 9 heteroatoms. The lowest BCUT2D eigenvalue weighted by atomic mass is 9.95. The number of amides is 3. The Morgan fingerprint density at radius 1 is 1.06 bits per heavy atom. The zero-order valence-electron chi connectivity index (χ0n) is 22.2. The van der Waals surface area contributed by atoms with Crippen molar-refractivity contribution in [3.63, 3.8) is 0 Å². The summed E-state index contributed by atoms with van der Waals surface area (Å²) in [5.41, 5.74) is 1.88. The fourth-order valence-electron chi connectivity index (χ4n) is 3.43. The topological polar surface area (TPSA) is 114 Å². The van der Waals surface area contributed by atoms with Crippen LogP contribution >= 0.6 is 0 Å². The van der Waals surface area contributed by atoms with E-state index in [0.29, 0.717) is 18.5 Å². The number of carbonyl (C=O) groups is 4. The standard InChI is InChI=1S/C26H41N3O6/c1-8-10-16-29(21(30)17-28-25(33)35-26(5,6)7)23(20-13-11-12-18(3)19(20)4)24(32)27-15-14-22(31)34-9-2/h11-13,23H,8-10,14-17H2,1-7H3,(H,27,32)(H,28,33). The molecular formula is C26H41N3O6. The third kappa shape index (κ3) is 10.4. The maximum atomic E-state index is 13.4. The summed E-state index contributed by atoms with van der Waals surface area (Å²) in [4.78, 5) is 52.0. The number of benzene rings is 1. The number of hydrogen-bond acceptors (Lipinski definition) is 6. The van der Waals surface area contributed by atoms with Gasteiger partial charge in [-0.25, -0.2) is 4.79 Å². The number of esters is 1. The van der Waals surface area contributed by atoms with Gasteiger partial charge < -0.3 is 25.0 Å². The van der Waals surface area contributed by atoms with Gasteiger partial charge in [0.2, 0.25) is 11.8 Å². The molecule has 1 unspecified atom stereocenters. The molecule has 0 fully saturated rings. The van der Waals surface area contributed by atoms with Gasteiger partial charge in [0.1, 0.15) is 18.2 Å². The molecule has 0 spiro atoms. The monoisotopic (exact) mass is 491 g/mol. The van der Waals surface area contributed by atoms with Crippen LogP contribution in [0.15, 0.2) is 18.2 Å². The molecule has 1 aromatic carbocycles. The Kier molecular flexibility index (Phi) is 12.3. The summed E-state index contributed by atoms with van der Waals surface area (Å²) in [5.74, 6) is -1.21. The number of hydrogen-bond donors (Lipinski definition) is 2. The van der Waals surface area contributed by atoms with Crippen molar-refractivity contribution < 1.29 is 28.7 Å². The van der Waals surface area contributed by atoms with Crippen LogP contribution in [0.2, 0.25) is 0 Å². The van der Waals surface area contributed by atoms with Crippen molar-refractivity contribution in [2.24, 2.45) is 0 Å². The first kappa shape index (κ1) is 29.9. The minimum Gasteiger partial charge on any atom is -0.466 e. The average Bonchev–Trinajstić information content (AvgIpc) is 2.76. The maximum absolute atomic E-state index is 13.4. The third-order valence-electron chi connectivity index (χ3n) is 5.29. The van der Waals surface area contributed by atoms with E-state index in [9.17, 15) is 19.2 Å². The smallest absolute Gasteiger partial charge is 0.408 e. The quantitative estimate of drug-likeness (QED) is 0.432. The van der Waals surface area contributed by atoms with Crippen LogP contribution in [0.1, 0.15) is 76.6 Å². The lowest BCUT2D eigenvalue weighted by Crippen LogP contribution is -2.48. The molecule has 0 heterocycles. The van der Waals surface area contributed by atoms with E-state index in [2.05, 4.69) is 10.6 Å².